The summed E-state index contributed by atoms with van der Waals surface area (Å²) in [5, 5.41) is 12.0. The quantitative estimate of drug-likeness (QED) is 0.646. The van der Waals surface area contributed by atoms with Crippen molar-refractivity contribution in [2.24, 2.45) is 0 Å². The van der Waals surface area contributed by atoms with Crippen LogP contribution in [0.25, 0.3) is 11.3 Å². The highest BCUT2D eigenvalue weighted by molar-refractivity contribution is 5.96. The van der Waals surface area contributed by atoms with Gasteiger partial charge in [0.2, 0.25) is 0 Å². The SMILES string of the molecule is CC(C)(CNc1ccc(-c2ccc3c(c2)CC(=O)C3(C)C)nn1)c1ccc(F)cc1. The molecule has 0 amide bonds. The van der Waals surface area contributed by atoms with Gasteiger partial charge in [-0.15, -0.1) is 10.2 Å². The van der Waals surface area contributed by atoms with Crippen molar-refractivity contribution in [3.63, 3.8) is 0 Å². The number of fused-ring (bicyclic) bond motifs is 1. The zero-order valence-corrected chi connectivity index (χ0v) is 17.8. The van der Waals surface area contributed by atoms with Crippen molar-refractivity contribution >= 4 is 11.6 Å². The Morgan fingerprint density at radius 1 is 1.03 bits per heavy atom. The number of anilines is 1. The highest BCUT2D eigenvalue weighted by Gasteiger charge is 2.37. The third-order valence-corrected chi connectivity index (χ3v) is 6.12. The number of halogens is 1. The predicted octanol–water partition coefficient (Wildman–Crippen LogP) is 5.08. The Kier molecular flexibility index (Phi) is 4.92. The molecule has 4 nitrogen and oxygen atoms in total. The van der Waals surface area contributed by atoms with Crippen molar-refractivity contribution in [3.8, 4) is 11.3 Å². The molecule has 0 unspecified atom stereocenters. The molecule has 154 valence electrons. The predicted molar refractivity (Wildman–Crippen MR) is 117 cm³/mol. The number of carbonyl (C=O) groups is 1. The Labute approximate surface area is 176 Å². The molecule has 2 aromatic carbocycles. The molecule has 1 aromatic heterocycles. The monoisotopic (exact) mass is 403 g/mol. The highest BCUT2D eigenvalue weighted by Crippen LogP contribution is 2.37. The molecule has 0 spiro atoms. The van der Waals surface area contributed by atoms with Gasteiger partial charge in [0.25, 0.3) is 0 Å². The van der Waals surface area contributed by atoms with Crippen LogP contribution in [-0.2, 0) is 22.0 Å². The zero-order valence-electron chi connectivity index (χ0n) is 17.8. The summed E-state index contributed by atoms with van der Waals surface area (Å²) in [4.78, 5) is 12.3. The lowest BCUT2D eigenvalue weighted by Crippen LogP contribution is -2.28. The molecule has 0 radical (unpaired) electrons. The second kappa shape index (κ2) is 7.31. The number of hydrogen-bond donors (Lipinski definition) is 1. The third-order valence-electron chi connectivity index (χ3n) is 6.12. The fraction of sp³-hybridized carbons (Fsp3) is 0.320. The Bertz CT molecular complexity index is 1090. The normalized spacial score (nSPS) is 15.2. The molecule has 0 saturated carbocycles. The van der Waals surface area contributed by atoms with Crippen molar-refractivity contribution in [2.45, 2.75) is 44.9 Å². The van der Waals surface area contributed by atoms with Crippen molar-refractivity contribution in [2.75, 3.05) is 11.9 Å². The van der Waals surface area contributed by atoms with E-state index in [0.717, 1.165) is 27.9 Å². The second-order valence-electron chi connectivity index (χ2n) is 9.15. The van der Waals surface area contributed by atoms with E-state index >= 15 is 0 Å². The number of carbonyl (C=O) groups excluding carboxylic acids is 1. The average molecular weight is 404 g/mol. The largest absolute Gasteiger partial charge is 0.368 e. The van der Waals surface area contributed by atoms with E-state index in [1.165, 1.54) is 12.1 Å². The number of benzene rings is 2. The minimum absolute atomic E-state index is 0.187. The number of aromatic nitrogens is 2. The molecule has 5 heteroatoms. The van der Waals surface area contributed by atoms with Gasteiger partial charge in [-0.05, 0) is 60.9 Å². The summed E-state index contributed by atoms with van der Waals surface area (Å²) in [6, 6.07) is 16.5. The standard InChI is InChI=1S/C25H26FN3O/c1-24(2,18-6-8-19(26)9-7-18)15-27-23-12-11-21(28-29-23)16-5-10-20-17(13-16)14-22(30)25(20,3)4/h5-13H,14-15H2,1-4H3,(H,27,29). The van der Waals surface area contributed by atoms with Gasteiger partial charge in [-0.3, -0.25) is 4.79 Å². The fourth-order valence-corrected chi connectivity index (χ4v) is 3.95. The number of hydrogen-bond acceptors (Lipinski definition) is 4. The first-order chi connectivity index (χ1) is 14.2. The zero-order chi connectivity index (χ0) is 21.5. The van der Waals surface area contributed by atoms with Gasteiger partial charge in [0.1, 0.15) is 17.4 Å². The number of nitrogens with zero attached hydrogens (tertiary/aromatic N) is 2. The molecular formula is C25H26FN3O. The maximum absolute atomic E-state index is 13.2. The number of nitrogens with one attached hydrogen (secondary N) is 1. The van der Waals surface area contributed by atoms with Gasteiger partial charge in [-0.25, -0.2) is 4.39 Å². The molecule has 1 heterocycles. The Balaban J connectivity index is 1.47. The minimum Gasteiger partial charge on any atom is -0.368 e. The lowest BCUT2D eigenvalue weighted by atomic mass is 9.84. The van der Waals surface area contributed by atoms with E-state index in [-0.39, 0.29) is 17.0 Å². The summed E-state index contributed by atoms with van der Waals surface area (Å²) in [5.74, 6) is 0.707. The molecule has 0 aliphatic heterocycles. The number of Topliss-reactive ketones (excluding diaryl/α,β-unsaturated/α-hetero) is 1. The van der Waals surface area contributed by atoms with E-state index in [4.69, 9.17) is 0 Å². The molecule has 1 aliphatic carbocycles. The molecule has 1 aliphatic rings. The molecule has 30 heavy (non-hydrogen) atoms. The van der Waals surface area contributed by atoms with E-state index in [2.05, 4.69) is 35.4 Å². The van der Waals surface area contributed by atoms with Crippen LogP contribution in [0.5, 0.6) is 0 Å². The molecule has 0 bridgehead atoms. The first kappa shape index (κ1) is 20.2. The second-order valence-corrected chi connectivity index (χ2v) is 9.15. The van der Waals surface area contributed by atoms with Crippen LogP contribution in [-0.4, -0.2) is 22.5 Å². The van der Waals surface area contributed by atoms with Crippen molar-refractivity contribution in [1.82, 2.24) is 10.2 Å². The van der Waals surface area contributed by atoms with Gasteiger partial charge < -0.3 is 5.32 Å². The smallest absolute Gasteiger partial charge is 0.148 e. The van der Waals surface area contributed by atoms with Crippen LogP contribution in [0.4, 0.5) is 10.2 Å². The van der Waals surface area contributed by atoms with E-state index in [1.807, 2.05) is 50.2 Å². The Morgan fingerprint density at radius 3 is 2.43 bits per heavy atom. The lowest BCUT2D eigenvalue weighted by molar-refractivity contribution is -0.121. The first-order valence-electron chi connectivity index (χ1n) is 10.2. The van der Waals surface area contributed by atoms with Gasteiger partial charge in [-0.2, -0.15) is 0 Å². The minimum atomic E-state index is -0.412. The molecule has 1 N–H and O–H groups in total. The molecule has 0 saturated heterocycles. The van der Waals surface area contributed by atoms with Gasteiger partial charge in [0.05, 0.1) is 5.69 Å². The molecular weight excluding hydrogens is 377 g/mol. The molecule has 3 aromatic rings. The van der Waals surface area contributed by atoms with Crippen molar-refractivity contribution < 1.29 is 9.18 Å². The Hall–Kier alpha value is -3.08. The van der Waals surface area contributed by atoms with E-state index < -0.39 is 5.41 Å². The maximum atomic E-state index is 13.2. The van der Waals surface area contributed by atoms with Crippen molar-refractivity contribution in [3.05, 3.63) is 77.1 Å². The van der Waals surface area contributed by atoms with Crippen molar-refractivity contribution in [1.29, 1.82) is 0 Å². The summed E-state index contributed by atoms with van der Waals surface area (Å²) in [6.45, 7) is 8.80. The average Bonchev–Trinajstić information content (AvgIpc) is 2.95. The highest BCUT2D eigenvalue weighted by atomic mass is 19.1. The van der Waals surface area contributed by atoms with Crippen LogP contribution in [0, 0.1) is 5.82 Å². The summed E-state index contributed by atoms with van der Waals surface area (Å²) >= 11 is 0. The first-order valence-corrected chi connectivity index (χ1v) is 10.2. The molecule has 4 rings (SSSR count). The van der Waals surface area contributed by atoms with E-state index in [9.17, 15) is 9.18 Å². The lowest BCUT2D eigenvalue weighted by Gasteiger charge is -2.25. The van der Waals surface area contributed by atoms with Crippen LogP contribution in [0.3, 0.4) is 0 Å². The summed E-state index contributed by atoms with van der Waals surface area (Å²) in [7, 11) is 0. The maximum Gasteiger partial charge on any atom is 0.148 e. The Morgan fingerprint density at radius 2 is 1.77 bits per heavy atom. The summed E-state index contributed by atoms with van der Waals surface area (Å²) in [5.41, 5.74) is 4.37. The van der Waals surface area contributed by atoms with Crippen LogP contribution in [0.2, 0.25) is 0 Å². The van der Waals surface area contributed by atoms with E-state index in [0.29, 0.717) is 18.8 Å². The van der Waals surface area contributed by atoms with Crippen LogP contribution < -0.4 is 5.32 Å². The van der Waals surface area contributed by atoms with Gasteiger partial charge in [0, 0.05) is 29.4 Å². The van der Waals surface area contributed by atoms with Crippen LogP contribution >= 0.6 is 0 Å². The van der Waals surface area contributed by atoms with Gasteiger partial charge in [0.15, 0.2) is 0 Å². The fourth-order valence-electron chi connectivity index (χ4n) is 3.95. The van der Waals surface area contributed by atoms with E-state index in [1.54, 1.807) is 0 Å². The number of rotatable bonds is 5. The van der Waals surface area contributed by atoms with Crippen LogP contribution in [0.15, 0.2) is 54.6 Å². The van der Waals surface area contributed by atoms with Gasteiger partial charge >= 0.3 is 0 Å². The topological polar surface area (TPSA) is 54.9 Å². The third kappa shape index (κ3) is 3.72. The summed E-state index contributed by atoms with van der Waals surface area (Å²) in [6.07, 6.45) is 0.474. The van der Waals surface area contributed by atoms with Crippen LogP contribution in [0.1, 0.15) is 44.4 Å². The number of ketones is 1. The molecule has 0 fully saturated rings. The van der Waals surface area contributed by atoms with Gasteiger partial charge in [-0.1, -0.05) is 38.1 Å². The molecule has 0 atom stereocenters. The summed E-state index contributed by atoms with van der Waals surface area (Å²) < 4.78 is 13.2.